The third kappa shape index (κ3) is 7.62. The molecular weight excluding hydrogens is 575 g/mol. The number of Topliss-reactive ketones (excluding diaryl/α,β-unsaturated/α-hetero) is 1. The topological polar surface area (TPSA) is 88.5 Å². The van der Waals surface area contributed by atoms with E-state index < -0.39 is 72.1 Å². The summed E-state index contributed by atoms with van der Waals surface area (Å²) in [5.41, 5.74) is -1.72. The first-order valence-corrected chi connectivity index (χ1v) is 12.3. The van der Waals surface area contributed by atoms with Crippen LogP contribution in [-0.2, 0) is 27.5 Å². The normalized spacial score (nSPS) is 12.6. The number of nitrogens with one attached hydrogen (secondary N) is 1. The molecule has 1 unspecified atom stereocenters. The Hall–Kier alpha value is -4.49. The van der Waals surface area contributed by atoms with E-state index in [0.717, 1.165) is 30.3 Å². The SMILES string of the molecule is CC(C)C(NC(=O)Cn1c(-c2ccccc2)ccc(N(Cc2ccc(F)cc2)C(=O)C(F)(F)F)c1=O)C(=O)C(F)(F)F. The minimum atomic E-state index is -5.44. The van der Waals surface area contributed by atoms with Crippen LogP contribution in [0.2, 0.25) is 0 Å². The lowest BCUT2D eigenvalue weighted by atomic mass is 9.99. The standard InChI is InChI=1S/C28H24F7N3O4/c1-16(2)23(24(40)27(30,31)32)36-22(39)15-37-20(18-6-4-3-5-7-18)12-13-21(25(37)41)38(26(42)28(33,34)35)14-17-8-10-19(29)11-9-17/h3-13,16,23H,14-15H2,1-2H3,(H,36,39). The molecule has 1 aromatic heterocycles. The smallest absolute Gasteiger partial charge is 0.344 e. The summed E-state index contributed by atoms with van der Waals surface area (Å²) in [7, 11) is 0. The average molecular weight is 600 g/mol. The molecular formula is C28H24F7N3O4. The first-order chi connectivity index (χ1) is 19.5. The molecule has 0 saturated heterocycles. The molecule has 0 spiro atoms. The first kappa shape index (κ1) is 32.0. The van der Waals surface area contributed by atoms with Crippen molar-refractivity contribution in [1.82, 2.24) is 9.88 Å². The Kier molecular flexibility index (Phi) is 9.59. The van der Waals surface area contributed by atoms with Crippen LogP contribution in [0, 0.1) is 11.7 Å². The highest BCUT2D eigenvalue weighted by Crippen LogP contribution is 2.27. The zero-order chi connectivity index (χ0) is 31.4. The number of hydrogen-bond acceptors (Lipinski definition) is 4. The molecule has 0 fully saturated rings. The van der Waals surface area contributed by atoms with Gasteiger partial charge >= 0.3 is 18.3 Å². The van der Waals surface area contributed by atoms with Crippen molar-refractivity contribution in [2.24, 2.45) is 5.92 Å². The molecule has 1 N–H and O–H groups in total. The Balaban J connectivity index is 2.13. The number of pyridine rings is 1. The third-order valence-corrected chi connectivity index (χ3v) is 6.10. The predicted molar refractivity (Wildman–Crippen MR) is 138 cm³/mol. The summed E-state index contributed by atoms with van der Waals surface area (Å²) in [6, 6.07) is 12.0. The van der Waals surface area contributed by atoms with E-state index in [0.29, 0.717) is 10.1 Å². The van der Waals surface area contributed by atoms with Gasteiger partial charge in [0.25, 0.3) is 11.3 Å². The van der Waals surface area contributed by atoms with Gasteiger partial charge in [0.05, 0.1) is 18.3 Å². The van der Waals surface area contributed by atoms with Crippen molar-refractivity contribution in [1.29, 1.82) is 0 Å². The first-order valence-electron chi connectivity index (χ1n) is 12.3. The van der Waals surface area contributed by atoms with Gasteiger partial charge in [0, 0.05) is 0 Å². The van der Waals surface area contributed by atoms with Crippen molar-refractivity contribution in [3.63, 3.8) is 0 Å². The van der Waals surface area contributed by atoms with Crippen LogP contribution in [0.4, 0.5) is 36.4 Å². The number of amides is 2. The number of alkyl halides is 6. The van der Waals surface area contributed by atoms with Gasteiger partial charge in [-0.05, 0) is 41.3 Å². The highest BCUT2D eigenvalue weighted by atomic mass is 19.4. The van der Waals surface area contributed by atoms with Gasteiger partial charge in [-0.3, -0.25) is 28.6 Å². The van der Waals surface area contributed by atoms with Crippen molar-refractivity contribution >= 4 is 23.3 Å². The number of ketones is 1. The van der Waals surface area contributed by atoms with E-state index in [1.807, 2.05) is 5.32 Å². The van der Waals surface area contributed by atoms with E-state index in [1.54, 1.807) is 18.2 Å². The summed E-state index contributed by atoms with van der Waals surface area (Å²) >= 11 is 0. The minimum Gasteiger partial charge on any atom is -0.344 e. The third-order valence-electron chi connectivity index (χ3n) is 6.10. The van der Waals surface area contributed by atoms with Gasteiger partial charge in [-0.1, -0.05) is 56.3 Å². The van der Waals surface area contributed by atoms with Crippen molar-refractivity contribution in [2.75, 3.05) is 4.90 Å². The fourth-order valence-corrected chi connectivity index (χ4v) is 4.06. The molecule has 224 valence electrons. The summed E-state index contributed by atoms with van der Waals surface area (Å²) in [6.45, 7) is 0.704. The predicted octanol–water partition coefficient (Wildman–Crippen LogP) is 5.02. The second-order valence-electron chi connectivity index (χ2n) is 9.53. The lowest BCUT2D eigenvalue weighted by Gasteiger charge is -2.26. The molecule has 3 aromatic rings. The van der Waals surface area contributed by atoms with E-state index in [1.165, 1.54) is 32.0 Å². The van der Waals surface area contributed by atoms with Gasteiger partial charge in [-0.25, -0.2) is 4.39 Å². The van der Waals surface area contributed by atoms with E-state index in [9.17, 15) is 49.9 Å². The number of carbonyl (C=O) groups is 3. The van der Waals surface area contributed by atoms with Crippen LogP contribution in [0.3, 0.4) is 0 Å². The fraction of sp³-hybridized carbons (Fsp3) is 0.286. The Bertz CT molecular complexity index is 1500. The summed E-state index contributed by atoms with van der Waals surface area (Å²) in [4.78, 5) is 51.0. The molecule has 0 bridgehead atoms. The number of anilines is 1. The number of rotatable bonds is 9. The highest BCUT2D eigenvalue weighted by molar-refractivity contribution is 5.97. The van der Waals surface area contributed by atoms with Gasteiger partial charge < -0.3 is 5.32 Å². The monoisotopic (exact) mass is 599 g/mol. The maximum atomic E-state index is 13.6. The summed E-state index contributed by atoms with van der Waals surface area (Å²) in [6.07, 6.45) is -10.7. The Labute approximate surface area is 234 Å². The summed E-state index contributed by atoms with van der Waals surface area (Å²) < 4.78 is 94.1. The minimum absolute atomic E-state index is 0.0102. The molecule has 2 aromatic carbocycles. The summed E-state index contributed by atoms with van der Waals surface area (Å²) in [5.74, 6) is -7.57. The molecule has 14 heteroatoms. The molecule has 3 rings (SSSR count). The Morgan fingerprint density at radius 3 is 1.98 bits per heavy atom. The molecule has 42 heavy (non-hydrogen) atoms. The molecule has 1 heterocycles. The number of hydrogen-bond donors (Lipinski definition) is 1. The average Bonchev–Trinajstić information content (AvgIpc) is 2.91. The van der Waals surface area contributed by atoms with Crippen molar-refractivity contribution < 1.29 is 45.1 Å². The van der Waals surface area contributed by atoms with Crippen LogP contribution >= 0.6 is 0 Å². The van der Waals surface area contributed by atoms with Gasteiger partial charge in [-0.15, -0.1) is 0 Å². The van der Waals surface area contributed by atoms with E-state index >= 15 is 0 Å². The Morgan fingerprint density at radius 2 is 1.45 bits per heavy atom. The van der Waals surface area contributed by atoms with Gasteiger partial charge in [0.2, 0.25) is 5.91 Å². The molecule has 0 saturated carbocycles. The lowest BCUT2D eigenvalue weighted by Crippen LogP contribution is -2.51. The Morgan fingerprint density at radius 1 is 0.857 bits per heavy atom. The van der Waals surface area contributed by atoms with E-state index in [2.05, 4.69) is 0 Å². The van der Waals surface area contributed by atoms with Crippen LogP contribution in [0.15, 0.2) is 71.5 Å². The molecule has 0 aliphatic rings. The van der Waals surface area contributed by atoms with Crippen molar-refractivity contribution in [3.05, 3.63) is 88.5 Å². The molecule has 0 radical (unpaired) electrons. The summed E-state index contributed by atoms with van der Waals surface area (Å²) in [5, 5.41) is 1.95. The second-order valence-corrected chi connectivity index (χ2v) is 9.53. The molecule has 1 atom stereocenters. The molecule has 2 amide bonds. The van der Waals surface area contributed by atoms with Gasteiger partial charge in [0.15, 0.2) is 0 Å². The lowest BCUT2D eigenvalue weighted by molar-refractivity contribution is -0.174. The number of aromatic nitrogens is 1. The van der Waals surface area contributed by atoms with E-state index in [4.69, 9.17) is 0 Å². The zero-order valence-electron chi connectivity index (χ0n) is 22.1. The second kappa shape index (κ2) is 12.6. The number of halogens is 7. The molecule has 7 nitrogen and oxygen atoms in total. The van der Waals surface area contributed by atoms with Gasteiger partial charge in [-0.2, -0.15) is 26.3 Å². The van der Waals surface area contributed by atoms with Crippen LogP contribution in [0.5, 0.6) is 0 Å². The highest BCUT2D eigenvalue weighted by Gasteiger charge is 2.45. The van der Waals surface area contributed by atoms with Crippen LogP contribution in [0.25, 0.3) is 11.3 Å². The zero-order valence-corrected chi connectivity index (χ0v) is 22.1. The molecule has 0 aliphatic heterocycles. The van der Waals surface area contributed by atoms with Gasteiger partial charge in [0.1, 0.15) is 18.0 Å². The number of carbonyl (C=O) groups excluding carboxylic acids is 3. The van der Waals surface area contributed by atoms with Crippen LogP contribution in [-0.4, -0.2) is 40.6 Å². The van der Waals surface area contributed by atoms with Crippen molar-refractivity contribution in [2.45, 2.75) is 45.3 Å². The maximum absolute atomic E-state index is 13.6. The van der Waals surface area contributed by atoms with E-state index in [-0.39, 0.29) is 16.2 Å². The van der Waals surface area contributed by atoms with Crippen LogP contribution < -0.4 is 15.8 Å². The number of benzene rings is 2. The largest absolute Gasteiger partial charge is 0.471 e. The molecule has 0 aliphatic carbocycles. The van der Waals surface area contributed by atoms with Crippen molar-refractivity contribution in [3.8, 4) is 11.3 Å². The maximum Gasteiger partial charge on any atom is 0.471 e. The quantitative estimate of drug-likeness (QED) is 0.350. The fourth-order valence-electron chi connectivity index (χ4n) is 4.06. The number of nitrogens with zero attached hydrogens (tertiary/aromatic N) is 2. The van der Waals surface area contributed by atoms with Crippen LogP contribution in [0.1, 0.15) is 19.4 Å².